The highest BCUT2D eigenvalue weighted by Crippen LogP contribution is 2.65. The number of carbonyl (C=O) groups excluding carboxylic acids is 2. The Morgan fingerprint density at radius 2 is 1.83 bits per heavy atom. The van der Waals surface area contributed by atoms with Crippen LogP contribution in [0.1, 0.15) is 67.3 Å². The molecule has 2 aromatic carbocycles. The average Bonchev–Trinajstić information content (AvgIpc) is 3.59. The fourth-order valence-electron chi connectivity index (χ4n) is 5.58. The number of rotatable bonds is 9. The summed E-state index contributed by atoms with van der Waals surface area (Å²) in [6.45, 7) is 7.80. The number of aromatic hydroxyl groups is 1. The molecule has 2 aliphatic rings. The molecule has 5 nitrogen and oxygen atoms in total. The number of ketones is 1. The van der Waals surface area contributed by atoms with E-state index in [1.807, 2.05) is 38.1 Å². The van der Waals surface area contributed by atoms with Gasteiger partial charge >= 0.3 is 5.91 Å². The van der Waals surface area contributed by atoms with Crippen molar-refractivity contribution < 1.29 is 14.7 Å². The highest BCUT2D eigenvalue weighted by Gasteiger charge is 2.58. The molecule has 0 saturated heterocycles. The second-order valence-electron chi connectivity index (χ2n) is 9.71. The van der Waals surface area contributed by atoms with Crippen LogP contribution in [0.2, 0.25) is 0 Å². The lowest BCUT2D eigenvalue weighted by molar-refractivity contribution is -0.115. The van der Waals surface area contributed by atoms with Crippen LogP contribution in [0.5, 0.6) is 5.75 Å². The largest absolute Gasteiger partial charge is 0.508 e. The van der Waals surface area contributed by atoms with Crippen molar-refractivity contribution in [2.45, 2.75) is 59.3 Å². The highest BCUT2D eigenvalue weighted by molar-refractivity contribution is 6.18. The molecule has 2 aliphatic carbocycles. The topological polar surface area (TPSA) is 83.8 Å². The molecule has 1 fully saturated rings. The summed E-state index contributed by atoms with van der Waals surface area (Å²) in [5.41, 5.74) is 6.14. The number of allylic oxidation sites excluding steroid dienone is 5. The van der Waals surface area contributed by atoms with Gasteiger partial charge in [0.1, 0.15) is 5.75 Å². The van der Waals surface area contributed by atoms with E-state index in [2.05, 4.69) is 30.3 Å². The molecule has 5 heteroatoms. The molecule has 2 unspecified atom stereocenters. The predicted molar refractivity (Wildman–Crippen MR) is 143 cm³/mol. The predicted octanol–water partition coefficient (Wildman–Crippen LogP) is 6.77. The first kappa shape index (κ1) is 25.5. The third-order valence-electron chi connectivity index (χ3n) is 7.46. The van der Waals surface area contributed by atoms with Gasteiger partial charge in [-0.1, -0.05) is 69.3 Å². The number of Topliss-reactive ketones (excluding diaryl/α,β-unsaturated/α-hetero) is 1. The SMILES string of the molecule is CC/C=C\C=C(/C(=O)CC)C1=C(C(=O)N=O)[C@H]2C(Cc3ccc(C)cc3O)C2c2ccc(CC)cc21. The van der Waals surface area contributed by atoms with Gasteiger partial charge in [-0.3, -0.25) is 9.59 Å². The molecule has 1 saturated carbocycles. The summed E-state index contributed by atoms with van der Waals surface area (Å²) in [5, 5.41) is 13.4. The summed E-state index contributed by atoms with van der Waals surface area (Å²) in [6, 6.07) is 11.9. The maximum absolute atomic E-state index is 13.2. The fraction of sp³-hybridized carbons (Fsp3) is 0.355. The first-order chi connectivity index (χ1) is 17.4. The molecule has 2 aromatic rings. The van der Waals surface area contributed by atoms with Crippen molar-refractivity contribution in [1.29, 1.82) is 0 Å². The minimum Gasteiger partial charge on any atom is -0.508 e. The van der Waals surface area contributed by atoms with Crippen LogP contribution in [0.25, 0.3) is 5.57 Å². The Morgan fingerprint density at radius 3 is 2.47 bits per heavy atom. The third kappa shape index (κ3) is 4.62. The highest BCUT2D eigenvalue weighted by atomic mass is 16.3. The lowest BCUT2D eigenvalue weighted by Gasteiger charge is -2.23. The number of amides is 1. The summed E-state index contributed by atoms with van der Waals surface area (Å²) in [6.07, 6.45) is 8.04. The van der Waals surface area contributed by atoms with Gasteiger partial charge in [0.05, 0.1) is 0 Å². The number of hydrogen-bond donors (Lipinski definition) is 1. The van der Waals surface area contributed by atoms with Gasteiger partial charge in [0, 0.05) is 34.2 Å². The minimum absolute atomic E-state index is 0.0206. The zero-order valence-electron chi connectivity index (χ0n) is 21.4. The molecule has 0 aromatic heterocycles. The zero-order valence-corrected chi connectivity index (χ0v) is 21.4. The van der Waals surface area contributed by atoms with Crippen molar-refractivity contribution in [1.82, 2.24) is 0 Å². The molecule has 3 atom stereocenters. The van der Waals surface area contributed by atoms with E-state index in [9.17, 15) is 19.6 Å². The second-order valence-corrected chi connectivity index (χ2v) is 9.71. The smallest absolute Gasteiger partial charge is 0.313 e. The molecule has 0 radical (unpaired) electrons. The number of carbonyl (C=O) groups is 2. The first-order valence-electron chi connectivity index (χ1n) is 12.8. The van der Waals surface area contributed by atoms with Crippen LogP contribution in [0.4, 0.5) is 0 Å². The summed E-state index contributed by atoms with van der Waals surface area (Å²) < 4.78 is 0. The van der Waals surface area contributed by atoms with Gasteiger partial charge in [-0.25, -0.2) is 0 Å². The van der Waals surface area contributed by atoms with E-state index in [0.717, 1.165) is 40.7 Å². The number of benzene rings is 2. The molecule has 4 rings (SSSR count). The molecule has 0 heterocycles. The minimum atomic E-state index is -0.808. The number of fused-ring (bicyclic) bond motifs is 3. The van der Waals surface area contributed by atoms with Crippen molar-refractivity contribution in [3.8, 4) is 5.75 Å². The van der Waals surface area contributed by atoms with Gasteiger partial charge in [0.2, 0.25) is 0 Å². The maximum Gasteiger partial charge on any atom is 0.313 e. The van der Waals surface area contributed by atoms with E-state index in [1.165, 1.54) is 0 Å². The fourth-order valence-corrected chi connectivity index (χ4v) is 5.58. The third-order valence-corrected chi connectivity index (χ3v) is 7.46. The average molecular weight is 484 g/mol. The van der Waals surface area contributed by atoms with E-state index >= 15 is 0 Å². The van der Waals surface area contributed by atoms with E-state index < -0.39 is 5.91 Å². The number of phenolic OH excluding ortho intramolecular Hbond substituents is 1. The normalized spacial score (nSPS) is 20.8. The van der Waals surface area contributed by atoms with Crippen LogP contribution in [0, 0.1) is 23.7 Å². The summed E-state index contributed by atoms with van der Waals surface area (Å²) >= 11 is 0. The van der Waals surface area contributed by atoms with Crippen molar-refractivity contribution in [2.24, 2.45) is 17.0 Å². The Hall–Kier alpha value is -3.60. The van der Waals surface area contributed by atoms with Gasteiger partial charge in [0.15, 0.2) is 5.78 Å². The summed E-state index contributed by atoms with van der Waals surface area (Å²) in [4.78, 5) is 37.9. The number of nitrogens with zero attached hydrogens (tertiary/aromatic N) is 1. The molecular formula is C31H33NO4. The zero-order chi connectivity index (χ0) is 26.0. The lowest BCUT2D eigenvalue weighted by Crippen LogP contribution is -2.16. The van der Waals surface area contributed by atoms with Gasteiger partial charge in [-0.05, 0) is 71.9 Å². The molecule has 186 valence electrons. The molecule has 1 N–H and O–H groups in total. The van der Waals surface area contributed by atoms with Crippen molar-refractivity contribution in [2.75, 3.05) is 0 Å². The number of nitroso groups, excluding NO2 is 1. The molecule has 1 amide bonds. The Labute approximate surface area is 212 Å². The quantitative estimate of drug-likeness (QED) is 0.242. The number of hydrogen-bond acceptors (Lipinski definition) is 4. The summed E-state index contributed by atoms with van der Waals surface area (Å²) in [7, 11) is 0. The Kier molecular flexibility index (Phi) is 7.48. The van der Waals surface area contributed by atoms with E-state index in [-0.39, 0.29) is 35.7 Å². The van der Waals surface area contributed by atoms with E-state index in [4.69, 9.17) is 0 Å². The molecule has 36 heavy (non-hydrogen) atoms. The van der Waals surface area contributed by atoms with Crippen LogP contribution >= 0.6 is 0 Å². The first-order valence-corrected chi connectivity index (χ1v) is 12.8. The van der Waals surface area contributed by atoms with Crippen molar-refractivity contribution in [3.05, 3.63) is 98.5 Å². The summed E-state index contributed by atoms with van der Waals surface area (Å²) in [5.74, 6) is -0.835. The number of phenols is 1. The van der Waals surface area contributed by atoms with Crippen LogP contribution < -0.4 is 0 Å². The van der Waals surface area contributed by atoms with Gasteiger partial charge in [0.25, 0.3) is 0 Å². The van der Waals surface area contributed by atoms with Crippen LogP contribution in [0.15, 0.2) is 70.9 Å². The van der Waals surface area contributed by atoms with Crippen LogP contribution in [0.3, 0.4) is 0 Å². The molecule has 0 spiro atoms. The standard InChI is InChI=1S/C31H33NO4/c1-5-8-9-10-22(25(33)7-3)28-23-16-19(6-2)12-14-21(23)27-24(29(27)30(28)31(35)32-36)17-20-13-11-18(4)15-26(20)34/h8-16,24,27,29,34H,5-7,17H2,1-4H3/b9-8-,22-10+/t24?,27?,29-/m0/s1. The monoisotopic (exact) mass is 483 g/mol. The van der Waals surface area contributed by atoms with E-state index in [1.54, 1.807) is 19.1 Å². The molecule has 0 aliphatic heterocycles. The van der Waals surface area contributed by atoms with Crippen molar-refractivity contribution in [3.63, 3.8) is 0 Å². The van der Waals surface area contributed by atoms with Gasteiger partial charge in [-0.15, -0.1) is 4.91 Å². The van der Waals surface area contributed by atoms with Crippen molar-refractivity contribution >= 4 is 17.3 Å². The Balaban J connectivity index is 1.94. The van der Waals surface area contributed by atoms with Crippen LogP contribution in [-0.4, -0.2) is 16.8 Å². The van der Waals surface area contributed by atoms with Crippen LogP contribution in [-0.2, 0) is 22.4 Å². The second kappa shape index (κ2) is 10.6. The maximum atomic E-state index is 13.2. The molecule has 0 bridgehead atoms. The van der Waals surface area contributed by atoms with Gasteiger partial charge in [-0.2, -0.15) is 0 Å². The lowest BCUT2D eigenvalue weighted by atomic mass is 9.79. The van der Waals surface area contributed by atoms with E-state index in [0.29, 0.717) is 23.1 Å². The molecular weight excluding hydrogens is 450 g/mol. The number of aryl methyl sites for hydroxylation is 2. The Morgan fingerprint density at radius 1 is 1.06 bits per heavy atom. The van der Waals surface area contributed by atoms with Gasteiger partial charge < -0.3 is 5.11 Å². The Bertz CT molecular complexity index is 1310.